The quantitative estimate of drug-likeness (QED) is 0.218. The van der Waals surface area contributed by atoms with Gasteiger partial charge < -0.3 is 4.74 Å². The molecule has 2 rings (SSSR count). The van der Waals surface area contributed by atoms with Gasteiger partial charge in [0.05, 0.1) is 20.0 Å². The first-order chi connectivity index (χ1) is 12.5. The number of halogens is 4. The van der Waals surface area contributed by atoms with Crippen LogP contribution in [0, 0.1) is 10.1 Å². The second-order valence-corrected chi connectivity index (χ2v) is 8.13. The SMILES string of the molecule is NC(CCl)=[NH+]S(=O)(=O)c1cc(Cl)c(Oc2ccc([N+](=O)[O-])cc2Cl)c(Cl)c1. The van der Waals surface area contributed by atoms with Gasteiger partial charge in [-0.2, -0.15) is 12.8 Å². The average Bonchev–Trinajstić information content (AvgIpc) is 2.58. The van der Waals surface area contributed by atoms with Crippen molar-refractivity contribution >= 4 is 68.0 Å². The number of hydrogen-bond acceptors (Lipinski definition) is 5. The third kappa shape index (κ3) is 5.14. The molecular weight excluding hydrogens is 464 g/mol. The molecule has 2 aromatic rings. The molecule has 0 aromatic heterocycles. The minimum Gasteiger partial charge on any atom is -0.453 e. The molecule has 2 aromatic carbocycles. The summed E-state index contributed by atoms with van der Waals surface area (Å²) in [6, 6.07) is 5.70. The number of nitrogens with one attached hydrogen (secondary N) is 1. The number of rotatable bonds is 6. The molecule has 13 heteroatoms. The van der Waals surface area contributed by atoms with Crippen LogP contribution in [-0.4, -0.2) is 25.1 Å². The van der Waals surface area contributed by atoms with Crippen molar-refractivity contribution < 1.29 is 22.5 Å². The van der Waals surface area contributed by atoms with Crippen LogP contribution >= 0.6 is 46.4 Å². The van der Waals surface area contributed by atoms with E-state index >= 15 is 0 Å². The van der Waals surface area contributed by atoms with E-state index in [1.807, 2.05) is 0 Å². The van der Waals surface area contributed by atoms with Crippen LogP contribution in [0.3, 0.4) is 0 Å². The first-order valence-corrected chi connectivity index (χ1v) is 10.0. The normalized spacial score (nSPS) is 12.1. The Bertz CT molecular complexity index is 1020. The Morgan fingerprint density at radius 1 is 1.15 bits per heavy atom. The van der Waals surface area contributed by atoms with Gasteiger partial charge in [0.15, 0.2) is 5.75 Å². The fraction of sp³-hybridized carbons (Fsp3) is 0.0714. The summed E-state index contributed by atoms with van der Waals surface area (Å²) in [5, 5.41) is 10.4. The molecule has 27 heavy (non-hydrogen) atoms. The van der Waals surface area contributed by atoms with Gasteiger partial charge in [0.2, 0.25) is 0 Å². The van der Waals surface area contributed by atoms with E-state index in [1.165, 1.54) is 12.1 Å². The van der Waals surface area contributed by atoms with E-state index in [9.17, 15) is 18.5 Å². The van der Waals surface area contributed by atoms with Gasteiger partial charge in [-0.3, -0.25) is 15.8 Å². The molecule has 0 fully saturated rings. The minimum atomic E-state index is -4.05. The van der Waals surface area contributed by atoms with Crippen molar-refractivity contribution in [3.63, 3.8) is 0 Å². The molecule has 0 atom stereocenters. The van der Waals surface area contributed by atoms with Gasteiger partial charge in [-0.25, -0.2) is 0 Å². The Kier molecular flexibility index (Phi) is 6.77. The first kappa shape index (κ1) is 21.5. The summed E-state index contributed by atoms with van der Waals surface area (Å²) in [4.78, 5) is 9.85. The number of hydrogen-bond donors (Lipinski definition) is 2. The number of nitro groups is 1. The van der Waals surface area contributed by atoms with Gasteiger partial charge in [-0.05, 0) is 18.2 Å². The summed E-state index contributed by atoms with van der Waals surface area (Å²) in [6.07, 6.45) is 0. The number of nitrogens with zero attached hydrogens (tertiary/aromatic N) is 1. The molecule has 0 spiro atoms. The van der Waals surface area contributed by atoms with Crippen molar-refractivity contribution in [2.75, 3.05) is 5.88 Å². The van der Waals surface area contributed by atoms with Gasteiger partial charge in [-0.1, -0.05) is 34.8 Å². The molecule has 0 aliphatic rings. The van der Waals surface area contributed by atoms with E-state index in [2.05, 4.69) is 4.40 Å². The summed E-state index contributed by atoms with van der Waals surface area (Å²) >= 11 is 23.6. The Morgan fingerprint density at radius 2 is 1.74 bits per heavy atom. The Labute approximate surface area is 173 Å². The van der Waals surface area contributed by atoms with E-state index < -0.39 is 14.9 Å². The molecular formula is C14H10Cl4N3O5S+. The molecule has 8 nitrogen and oxygen atoms in total. The molecule has 0 saturated carbocycles. The first-order valence-electron chi connectivity index (χ1n) is 6.86. The molecule has 0 radical (unpaired) electrons. The van der Waals surface area contributed by atoms with E-state index in [-0.39, 0.29) is 48.9 Å². The lowest BCUT2D eigenvalue weighted by Crippen LogP contribution is -2.79. The maximum Gasteiger partial charge on any atom is 0.328 e. The van der Waals surface area contributed by atoms with Gasteiger partial charge in [0.1, 0.15) is 16.5 Å². The van der Waals surface area contributed by atoms with Crippen molar-refractivity contribution in [1.29, 1.82) is 0 Å². The van der Waals surface area contributed by atoms with Crippen molar-refractivity contribution in [1.82, 2.24) is 0 Å². The van der Waals surface area contributed by atoms with Crippen LogP contribution in [0.25, 0.3) is 0 Å². The van der Waals surface area contributed by atoms with Crippen LogP contribution in [-0.2, 0) is 10.0 Å². The number of nitrogens with two attached hydrogens (primary N) is 1. The average molecular weight is 474 g/mol. The standard InChI is InChI=1S/C14H9Cl4N3O5S/c15-6-13(19)20-27(24,25)8-4-10(17)14(11(18)5-8)26-12-2-1-7(21(22)23)3-9(12)16/h1-5H,6H2,(H2,19,20)/p+1. The molecule has 0 aliphatic heterocycles. The third-order valence-electron chi connectivity index (χ3n) is 3.03. The Balaban J connectivity index is 2.43. The number of alkyl halides is 1. The van der Waals surface area contributed by atoms with Crippen LogP contribution in [0.15, 0.2) is 35.2 Å². The molecule has 0 saturated heterocycles. The predicted molar refractivity (Wildman–Crippen MR) is 103 cm³/mol. The zero-order valence-electron chi connectivity index (χ0n) is 13.1. The van der Waals surface area contributed by atoms with Crippen molar-refractivity contribution in [3.8, 4) is 11.5 Å². The van der Waals surface area contributed by atoms with E-state index in [4.69, 9.17) is 56.9 Å². The van der Waals surface area contributed by atoms with Gasteiger partial charge in [0, 0.05) is 12.1 Å². The lowest BCUT2D eigenvalue weighted by atomic mass is 10.3. The number of benzene rings is 2. The number of nitro benzene ring substituents is 1. The maximum absolute atomic E-state index is 12.2. The van der Waals surface area contributed by atoms with Gasteiger partial charge in [0.25, 0.3) is 11.5 Å². The highest BCUT2D eigenvalue weighted by atomic mass is 35.5. The predicted octanol–water partition coefficient (Wildman–Crippen LogP) is 2.71. The fourth-order valence-corrected chi connectivity index (χ4v) is 3.98. The van der Waals surface area contributed by atoms with Crippen LogP contribution in [0.5, 0.6) is 11.5 Å². The van der Waals surface area contributed by atoms with Crippen LogP contribution in [0.2, 0.25) is 15.1 Å². The highest BCUT2D eigenvalue weighted by Gasteiger charge is 2.22. The molecule has 0 aliphatic carbocycles. The molecule has 0 unspecified atom stereocenters. The zero-order valence-corrected chi connectivity index (χ0v) is 16.9. The van der Waals surface area contributed by atoms with Crippen molar-refractivity contribution in [2.24, 2.45) is 5.73 Å². The monoisotopic (exact) mass is 472 g/mol. The smallest absolute Gasteiger partial charge is 0.328 e. The van der Waals surface area contributed by atoms with Crippen LogP contribution in [0.1, 0.15) is 0 Å². The summed E-state index contributed by atoms with van der Waals surface area (Å²) in [5.74, 6) is -0.440. The van der Waals surface area contributed by atoms with Crippen LogP contribution < -0.4 is 14.9 Å². The summed E-state index contributed by atoms with van der Waals surface area (Å²) in [6.45, 7) is 0. The Hall–Kier alpha value is -1.78. The number of non-ortho nitro benzene ring substituents is 1. The van der Waals surface area contributed by atoms with Crippen LogP contribution in [0.4, 0.5) is 5.69 Å². The van der Waals surface area contributed by atoms with E-state index in [0.717, 1.165) is 18.2 Å². The highest BCUT2D eigenvalue weighted by molar-refractivity contribution is 7.84. The van der Waals surface area contributed by atoms with Crippen molar-refractivity contribution in [3.05, 3.63) is 55.5 Å². The lowest BCUT2D eigenvalue weighted by Gasteiger charge is -2.11. The number of sulfonamides is 1. The number of amidine groups is 1. The summed E-state index contributed by atoms with van der Waals surface area (Å²) in [7, 11) is -4.05. The molecule has 0 amide bonds. The minimum absolute atomic E-state index is 0.0412. The molecule has 144 valence electrons. The second-order valence-electron chi connectivity index (χ2n) is 4.95. The van der Waals surface area contributed by atoms with E-state index in [1.54, 1.807) is 0 Å². The second kappa shape index (κ2) is 8.49. The molecule has 0 heterocycles. The zero-order chi connectivity index (χ0) is 20.4. The topological polar surface area (TPSA) is 126 Å². The molecule has 3 N–H and O–H groups in total. The van der Waals surface area contributed by atoms with Gasteiger partial charge >= 0.3 is 10.0 Å². The summed E-state index contributed by atoms with van der Waals surface area (Å²) in [5.41, 5.74) is 5.16. The van der Waals surface area contributed by atoms with Crippen molar-refractivity contribution in [2.45, 2.75) is 4.90 Å². The largest absolute Gasteiger partial charge is 0.453 e. The third-order valence-corrected chi connectivity index (χ3v) is 5.56. The number of ether oxygens (including phenoxy) is 1. The maximum atomic E-state index is 12.2. The van der Waals surface area contributed by atoms with E-state index in [0.29, 0.717) is 0 Å². The Morgan fingerprint density at radius 3 is 2.22 bits per heavy atom. The fourth-order valence-electron chi connectivity index (χ4n) is 1.84. The highest BCUT2D eigenvalue weighted by Crippen LogP contribution is 2.40. The van der Waals surface area contributed by atoms with Gasteiger partial charge in [-0.15, -0.1) is 11.6 Å². The summed E-state index contributed by atoms with van der Waals surface area (Å²) < 4.78 is 32.0. The lowest BCUT2D eigenvalue weighted by molar-refractivity contribution is -0.384. The molecule has 0 bridgehead atoms.